The molecular formula is C23H32N6O. The van der Waals surface area contributed by atoms with Gasteiger partial charge in [-0.25, -0.2) is 0 Å². The minimum absolute atomic E-state index is 0.0885. The first-order chi connectivity index (χ1) is 14.7. The van der Waals surface area contributed by atoms with Gasteiger partial charge in [0.1, 0.15) is 6.54 Å². The van der Waals surface area contributed by atoms with Crippen LogP contribution in [0.3, 0.4) is 0 Å². The molecule has 0 radical (unpaired) electrons. The van der Waals surface area contributed by atoms with E-state index in [0.29, 0.717) is 12.0 Å². The van der Waals surface area contributed by atoms with Gasteiger partial charge in [-0.15, -0.1) is 0 Å². The number of likely N-dealkylation sites (tertiary alicyclic amines) is 1. The molecule has 160 valence electrons. The second-order valence-electron chi connectivity index (χ2n) is 8.59. The van der Waals surface area contributed by atoms with Gasteiger partial charge in [-0.2, -0.15) is 5.10 Å². The van der Waals surface area contributed by atoms with Crippen LogP contribution in [-0.4, -0.2) is 46.7 Å². The smallest absolute Gasteiger partial charge is 0.246 e. The molecule has 1 aliphatic carbocycles. The van der Waals surface area contributed by atoms with Crippen LogP contribution in [0.2, 0.25) is 0 Å². The van der Waals surface area contributed by atoms with Gasteiger partial charge in [-0.3, -0.25) is 14.5 Å². The van der Waals surface area contributed by atoms with Gasteiger partial charge in [0.25, 0.3) is 0 Å². The third kappa shape index (κ3) is 5.01. The van der Waals surface area contributed by atoms with Gasteiger partial charge in [0.2, 0.25) is 5.91 Å². The Morgan fingerprint density at radius 3 is 2.83 bits per heavy atom. The fourth-order valence-corrected chi connectivity index (χ4v) is 4.84. The van der Waals surface area contributed by atoms with Crippen LogP contribution in [0.15, 0.2) is 47.7 Å². The van der Waals surface area contributed by atoms with E-state index in [1.807, 2.05) is 31.3 Å². The van der Waals surface area contributed by atoms with Crippen molar-refractivity contribution >= 4 is 17.6 Å². The molecule has 1 saturated carbocycles. The van der Waals surface area contributed by atoms with Gasteiger partial charge in [0.15, 0.2) is 5.96 Å². The summed E-state index contributed by atoms with van der Waals surface area (Å²) < 4.78 is 1.61. The quantitative estimate of drug-likeness (QED) is 0.588. The van der Waals surface area contributed by atoms with E-state index in [0.717, 1.165) is 30.3 Å². The number of benzene rings is 1. The zero-order chi connectivity index (χ0) is 20.8. The van der Waals surface area contributed by atoms with Crippen molar-refractivity contribution in [2.24, 2.45) is 10.4 Å². The largest absolute Gasteiger partial charge is 0.352 e. The van der Waals surface area contributed by atoms with Crippen LogP contribution in [0.4, 0.5) is 5.69 Å². The van der Waals surface area contributed by atoms with E-state index in [1.165, 1.54) is 38.5 Å². The zero-order valence-corrected chi connectivity index (χ0v) is 17.8. The SMILES string of the molecule is CN=C(NCc1cccc(NC(=O)Cn2cccn2)c1)N1CCC2(CCCCC2)C1. The summed E-state index contributed by atoms with van der Waals surface area (Å²) in [6.07, 6.45) is 11.6. The molecule has 1 saturated heterocycles. The van der Waals surface area contributed by atoms with Crippen molar-refractivity contribution in [1.29, 1.82) is 0 Å². The predicted octanol–water partition coefficient (Wildman–Crippen LogP) is 3.25. The van der Waals surface area contributed by atoms with Crippen LogP contribution in [0, 0.1) is 5.41 Å². The van der Waals surface area contributed by atoms with Crippen molar-refractivity contribution in [1.82, 2.24) is 20.0 Å². The van der Waals surface area contributed by atoms with Gasteiger partial charge in [0.05, 0.1) is 0 Å². The molecule has 1 aromatic carbocycles. The number of guanidine groups is 1. The summed E-state index contributed by atoms with van der Waals surface area (Å²) in [4.78, 5) is 19.2. The second kappa shape index (κ2) is 9.32. The van der Waals surface area contributed by atoms with Crippen LogP contribution < -0.4 is 10.6 Å². The molecule has 7 heteroatoms. The van der Waals surface area contributed by atoms with Crippen molar-refractivity contribution in [2.45, 2.75) is 51.6 Å². The fourth-order valence-electron chi connectivity index (χ4n) is 4.84. The zero-order valence-electron chi connectivity index (χ0n) is 17.8. The molecule has 30 heavy (non-hydrogen) atoms. The second-order valence-corrected chi connectivity index (χ2v) is 8.59. The molecule has 2 heterocycles. The topological polar surface area (TPSA) is 74.5 Å². The van der Waals surface area contributed by atoms with E-state index in [1.54, 1.807) is 17.1 Å². The van der Waals surface area contributed by atoms with E-state index < -0.39 is 0 Å². The number of hydrogen-bond acceptors (Lipinski definition) is 3. The maximum absolute atomic E-state index is 12.2. The van der Waals surface area contributed by atoms with E-state index >= 15 is 0 Å². The minimum Gasteiger partial charge on any atom is -0.352 e. The molecule has 1 amide bonds. The number of nitrogens with one attached hydrogen (secondary N) is 2. The normalized spacial score (nSPS) is 18.6. The molecule has 0 bridgehead atoms. The lowest BCUT2D eigenvalue weighted by Gasteiger charge is -2.33. The van der Waals surface area contributed by atoms with Crippen molar-refractivity contribution < 1.29 is 4.79 Å². The lowest BCUT2D eigenvalue weighted by atomic mass is 9.73. The van der Waals surface area contributed by atoms with E-state index in [2.05, 4.69) is 31.7 Å². The Kier molecular flexibility index (Phi) is 6.35. The van der Waals surface area contributed by atoms with Crippen LogP contribution in [0.25, 0.3) is 0 Å². The monoisotopic (exact) mass is 408 g/mol. The molecule has 0 unspecified atom stereocenters. The lowest BCUT2D eigenvalue weighted by molar-refractivity contribution is -0.116. The summed E-state index contributed by atoms with van der Waals surface area (Å²) in [6, 6.07) is 9.76. The molecule has 2 aromatic rings. The minimum atomic E-state index is -0.0885. The van der Waals surface area contributed by atoms with Gasteiger partial charge in [-0.05, 0) is 48.4 Å². The highest BCUT2D eigenvalue weighted by molar-refractivity contribution is 5.90. The first-order valence-corrected chi connectivity index (χ1v) is 11.0. The summed E-state index contributed by atoms with van der Waals surface area (Å²) >= 11 is 0. The highest BCUT2D eigenvalue weighted by Gasteiger charge is 2.39. The number of carbonyl (C=O) groups excluding carboxylic acids is 1. The molecule has 1 aliphatic heterocycles. The van der Waals surface area contributed by atoms with Crippen LogP contribution in [0.1, 0.15) is 44.1 Å². The van der Waals surface area contributed by atoms with Gasteiger partial charge in [-0.1, -0.05) is 31.4 Å². The van der Waals surface area contributed by atoms with E-state index in [-0.39, 0.29) is 12.5 Å². The molecule has 2 fully saturated rings. The first-order valence-electron chi connectivity index (χ1n) is 11.0. The summed E-state index contributed by atoms with van der Waals surface area (Å²) in [7, 11) is 1.86. The average Bonchev–Trinajstić information content (AvgIpc) is 3.40. The number of nitrogens with zero attached hydrogens (tertiary/aromatic N) is 4. The van der Waals surface area contributed by atoms with Crippen molar-refractivity contribution in [3.63, 3.8) is 0 Å². The molecule has 1 aromatic heterocycles. The molecule has 2 aliphatic rings. The Hall–Kier alpha value is -2.83. The lowest BCUT2D eigenvalue weighted by Crippen LogP contribution is -2.41. The molecule has 4 rings (SSSR count). The van der Waals surface area contributed by atoms with Gasteiger partial charge >= 0.3 is 0 Å². The third-order valence-corrected chi connectivity index (χ3v) is 6.39. The maximum atomic E-state index is 12.2. The third-order valence-electron chi connectivity index (χ3n) is 6.39. The Morgan fingerprint density at radius 2 is 2.07 bits per heavy atom. The van der Waals surface area contributed by atoms with Crippen LogP contribution in [-0.2, 0) is 17.9 Å². The van der Waals surface area contributed by atoms with E-state index in [4.69, 9.17) is 0 Å². The molecule has 0 atom stereocenters. The molecule has 1 spiro atoms. The average molecular weight is 409 g/mol. The fraction of sp³-hybridized carbons (Fsp3) is 0.522. The highest BCUT2D eigenvalue weighted by atomic mass is 16.2. The molecular weight excluding hydrogens is 376 g/mol. The number of aliphatic imine (C=N–C) groups is 1. The standard InChI is InChI=1S/C23H32N6O/c1-24-22(28-14-11-23(18-28)9-3-2-4-10-23)25-16-19-7-5-8-20(15-19)27-21(30)17-29-13-6-12-26-29/h5-8,12-13,15H,2-4,9-11,14,16-18H2,1H3,(H,24,25)(H,27,30). The van der Waals surface area contributed by atoms with Gasteiger partial charge < -0.3 is 15.5 Å². The number of anilines is 1. The number of carbonyl (C=O) groups is 1. The number of rotatable bonds is 5. The summed E-state index contributed by atoms with van der Waals surface area (Å²) in [6.45, 7) is 3.09. The Morgan fingerprint density at radius 1 is 1.20 bits per heavy atom. The van der Waals surface area contributed by atoms with Gasteiger partial charge in [0, 0.05) is 44.8 Å². The Labute approximate surface area is 178 Å². The van der Waals surface area contributed by atoms with Crippen molar-refractivity contribution in [3.05, 3.63) is 48.3 Å². The summed E-state index contributed by atoms with van der Waals surface area (Å²) in [5.74, 6) is 0.889. The Bertz CT molecular complexity index is 870. The van der Waals surface area contributed by atoms with Crippen molar-refractivity contribution in [2.75, 3.05) is 25.5 Å². The number of aromatic nitrogens is 2. The first kappa shape index (κ1) is 20.4. The van der Waals surface area contributed by atoms with Crippen LogP contribution in [0.5, 0.6) is 0 Å². The number of hydrogen-bond donors (Lipinski definition) is 2. The summed E-state index contributed by atoms with van der Waals surface area (Å²) in [5.41, 5.74) is 2.41. The summed E-state index contributed by atoms with van der Waals surface area (Å²) in [5, 5.41) is 10.5. The molecule has 2 N–H and O–H groups in total. The highest BCUT2D eigenvalue weighted by Crippen LogP contribution is 2.43. The molecule has 7 nitrogen and oxygen atoms in total. The van der Waals surface area contributed by atoms with E-state index in [9.17, 15) is 4.79 Å². The van der Waals surface area contributed by atoms with Crippen molar-refractivity contribution in [3.8, 4) is 0 Å². The van der Waals surface area contributed by atoms with Crippen LogP contribution >= 0.6 is 0 Å². The maximum Gasteiger partial charge on any atom is 0.246 e. The predicted molar refractivity (Wildman–Crippen MR) is 119 cm³/mol. The number of amides is 1. The Balaban J connectivity index is 1.30.